The second-order valence-electron chi connectivity index (χ2n) is 11.4. The third kappa shape index (κ3) is 10.2. The molecule has 1 amide bonds. The average molecular weight is 613 g/mol. The van der Waals surface area contributed by atoms with Gasteiger partial charge in [-0.05, 0) is 90.1 Å². The molecule has 0 bridgehead atoms. The van der Waals surface area contributed by atoms with E-state index in [4.69, 9.17) is 5.73 Å². The molecule has 0 aliphatic heterocycles. The SMILES string of the molecule is CSCCC(NC(=O)c1ccc(C(N)C(CSc2ccccc2)CC2CCCCC2)cc1-c1ccccc1C)C(=O)O.[LiH]. The van der Waals surface area contributed by atoms with Crippen molar-refractivity contribution in [3.05, 3.63) is 89.5 Å². The Morgan fingerprint density at radius 3 is 2.35 bits per heavy atom. The van der Waals surface area contributed by atoms with Gasteiger partial charge in [-0.2, -0.15) is 11.8 Å². The Bertz CT molecular complexity index is 1320. The molecule has 0 saturated heterocycles. The van der Waals surface area contributed by atoms with Gasteiger partial charge in [-0.25, -0.2) is 4.79 Å². The van der Waals surface area contributed by atoms with Crippen LogP contribution >= 0.6 is 23.5 Å². The molecule has 0 spiro atoms. The normalized spacial score (nSPS) is 15.6. The van der Waals surface area contributed by atoms with Crippen LogP contribution < -0.4 is 11.1 Å². The van der Waals surface area contributed by atoms with Crippen LogP contribution in [0, 0.1) is 18.8 Å². The number of nitrogens with two attached hydrogens (primary N) is 1. The molecule has 0 radical (unpaired) electrons. The van der Waals surface area contributed by atoms with Crippen LogP contribution in [0.4, 0.5) is 0 Å². The Balaban J connectivity index is 0.00000506. The van der Waals surface area contributed by atoms with Gasteiger partial charge in [-0.15, -0.1) is 11.8 Å². The van der Waals surface area contributed by atoms with Crippen LogP contribution in [0.25, 0.3) is 11.1 Å². The van der Waals surface area contributed by atoms with Gasteiger partial charge >= 0.3 is 24.8 Å². The van der Waals surface area contributed by atoms with E-state index in [9.17, 15) is 14.7 Å². The standard InChI is InChI=1S/C35H44N2O3S2.Li.H/c1-24-11-9-10-16-29(24)31-22-26(17-18-30(31)34(38)37-32(35(39)40)19-20-41-2)33(36)27(21-25-12-5-3-6-13-25)23-42-28-14-7-4-8-15-28;;/h4,7-11,14-18,22,25,27,32-33H,3,5-6,12-13,19-21,23,36H2,1-2H3,(H,37,38)(H,39,40);;. The van der Waals surface area contributed by atoms with E-state index in [1.54, 1.807) is 11.8 Å². The molecular formula is C35H45LiN2O3S2. The van der Waals surface area contributed by atoms with E-state index in [2.05, 4.69) is 35.6 Å². The summed E-state index contributed by atoms with van der Waals surface area (Å²) in [5.41, 5.74) is 11.4. The van der Waals surface area contributed by atoms with E-state index >= 15 is 0 Å². The number of carbonyl (C=O) groups is 2. The molecule has 1 fully saturated rings. The summed E-state index contributed by atoms with van der Waals surface area (Å²) >= 11 is 3.43. The predicted octanol–water partition coefficient (Wildman–Crippen LogP) is 7.33. The number of aliphatic carboxylic acids is 1. The molecule has 3 unspecified atom stereocenters. The number of carboxylic acid groups (broad SMARTS) is 1. The number of rotatable bonds is 14. The van der Waals surface area contributed by atoms with Crippen molar-refractivity contribution in [3.63, 3.8) is 0 Å². The Morgan fingerprint density at radius 2 is 1.67 bits per heavy atom. The second-order valence-corrected chi connectivity index (χ2v) is 13.5. The second kappa shape index (κ2) is 18.0. The van der Waals surface area contributed by atoms with Crippen LogP contribution in [0.3, 0.4) is 0 Å². The van der Waals surface area contributed by atoms with Gasteiger partial charge in [0.1, 0.15) is 6.04 Å². The topological polar surface area (TPSA) is 92.4 Å². The van der Waals surface area contributed by atoms with Crippen LogP contribution in [-0.2, 0) is 4.79 Å². The molecule has 43 heavy (non-hydrogen) atoms. The van der Waals surface area contributed by atoms with Crippen LogP contribution in [-0.4, -0.2) is 59.6 Å². The number of benzene rings is 3. The van der Waals surface area contributed by atoms with E-state index in [1.165, 1.54) is 37.0 Å². The monoisotopic (exact) mass is 612 g/mol. The molecule has 226 valence electrons. The number of amides is 1. The molecule has 3 aromatic rings. The maximum absolute atomic E-state index is 13.5. The van der Waals surface area contributed by atoms with Crippen molar-refractivity contribution in [2.24, 2.45) is 17.6 Å². The number of thioether (sulfide) groups is 2. The van der Waals surface area contributed by atoms with Crippen molar-refractivity contribution in [1.82, 2.24) is 5.32 Å². The van der Waals surface area contributed by atoms with Crippen molar-refractivity contribution in [3.8, 4) is 11.1 Å². The summed E-state index contributed by atoms with van der Waals surface area (Å²) < 4.78 is 0. The van der Waals surface area contributed by atoms with E-state index < -0.39 is 12.0 Å². The van der Waals surface area contributed by atoms with Crippen molar-refractivity contribution < 1.29 is 14.7 Å². The number of hydrogen-bond acceptors (Lipinski definition) is 5. The zero-order valence-corrected chi connectivity index (χ0v) is 26.4. The van der Waals surface area contributed by atoms with Crippen molar-refractivity contribution in [2.75, 3.05) is 17.8 Å². The molecule has 4 N–H and O–H groups in total. The molecule has 1 saturated carbocycles. The Morgan fingerprint density at radius 1 is 0.977 bits per heavy atom. The van der Waals surface area contributed by atoms with E-state index in [0.29, 0.717) is 23.7 Å². The molecule has 1 aliphatic rings. The molecular weight excluding hydrogens is 567 g/mol. The van der Waals surface area contributed by atoms with Gasteiger partial charge in [0, 0.05) is 22.3 Å². The fourth-order valence-corrected chi connectivity index (χ4v) is 7.53. The summed E-state index contributed by atoms with van der Waals surface area (Å²) in [7, 11) is 0. The number of carbonyl (C=O) groups excluding carboxylic acids is 1. The Hall–Kier alpha value is -2.14. The quantitative estimate of drug-likeness (QED) is 0.130. The number of aryl methyl sites for hydroxylation is 1. The van der Waals surface area contributed by atoms with Crippen LogP contribution in [0.5, 0.6) is 0 Å². The maximum atomic E-state index is 13.5. The summed E-state index contributed by atoms with van der Waals surface area (Å²) in [4.78, 5) is 26.7. The zero-order valence-electron chi connectivity index (χ0n) is 24.8. The first-order chi connectivity index (χ1) is 20.4. The van der Waals surface area contributed by atoms with Crippen molar-refractivity contribution in [2.45, 2.75) is 68.8 Å². The van der Waals surface area contributed by atoms with Gasteiger partial charge in [-0.3, -0.25) is 4.79 Å². The fraction of sp³-hybridized carbons (Fsp3) is 0.429. The first-order valence-corrected chi connectivity index (χ1v) is 17.4. The average Bonchev–Trinajstić information content (AvgIpc) is 3.01. The van der Waals surface area contributed by atoms with Gasteiger partial charge in [0.25, 0.3) is 5.91 Å². The third-order valence-electron chi connectivity index (χ3n) is 8.40. The van der Waals surface area contributed by atoms with Gasteiger partial charge in [-0.1, -0.05) is 80.6 Å². The number of nitrogens with one attached hydrogen (secondary N) is 1. The molecule has 4 rings (SSSR count). The molecule has 0 aromatic heterocycles. The van der Waals surface area contributed by atoms with Crippen molar-refractivity contribution in [1.29, 1.82) is 0 Å². The van der Waals surface area contributed by atoms with Gasteiger partial charge < -0.3 is 16.2 Å². The summed E-state index contributed by atoms with van der Waals surface area (Å²) in [6.45, 7) is 2.03. The number of carboxylic acids is 1. The van der Waals surface area contributed by atoms with E-state index in [0.717, 1.165) is 34.4 Å². The van der Waals surface area contributed by atoms with E-state index in [1.807, 2.05) is 67.4 Å². The predicted molar refractivity (Wildman–Crippen MR) is 184 cm³/mol. The molecule has 1 aliphatic carbocycles. The molecule has 3 atom stereocenters. The summed E-state index contributed by atoms with van der Waals surface area (Å²) in [6, 6.07) is 23.3. The van der Waals surface area contributed by atoms with E-state index in [-0.39, 0.29) is 36.7 Å². The first kappa shape index (κ1) is 35.3. The van der Waals surface area contributed by atoms with Crippen LogP contribution in [0.15, 0.2) is 77.7 Å². The molecule has 3 aromatic carbocycles. The van der Waals surface area contributed by atoms with Gasteiger partial charge in [0.05, 0.1) is 0 Å². The minimum atomic E-state index is -1.02. The van der Waals surface area contributed by atoms with Gasteiger partial charge in [0.15, 0.2) is 0 Å². The number of hydrogen-bond donors (Lipinski definition) is 3. The van der Waals surface area contributed by atoms with Crippen LogP contribution in [0.2, 0.25) is 0 Å². The third-order valence-corrected chi connectivity index (χ3v) is 10.2. The Labute approximate surface area is 277 Å². The summed E-state index contributed by atoms with van der Waals surface area (Å²) in [6.07, 6.45) is 9.86. The molecule has 5 nitrogen and oxygen atoms in total. The first-order valence-electron chi connectivity index (χ1n) is 15.0. The fourth-order valence-electron chi connectivity index (χ4n) is 5.96. The Kier molecular flexibility index (Phi) is 14.8. The van der Waals surface area contributed by atoms with Crippen molar-refractivity contribution >= 4 is 54.3 Å². The summed E-state index contributed by atoms with van der Waals surface area (Å²) in [5, 5.41) is 12.5. The van der Waals surface area contributed by atoms with Gasteiger partial charge in [0.2, 0.25) is 0 Å². The summed E-state index contributed by atoms with van der Waals surface area (Å²) in [5.74, 6) is 1.17. The molecule has 0 heterocycles. The zero-order chi connectivity index (χ0) is 29.9. The van der Waals surface area contributed by atoms with Crippen LogP contribution in [0.1, 0.15) is 72.5 Å². The minimum absolute atomic E-state index is 0. The molecule has 8 heteroatoms.